The molecule has 6 nitrogen and oxygen atoms in total. The number of phenolic OH excluding ortho intramolecular Hbond substituents is 1. The summed E-state index contributed by atoms with van der Waals surface area (Å²) in [6.07, 6.45) is 2.33. The molecule has 0 aliphatic rings. The molecule has 3 rings (SSSR count). The van der Waals surface area contributed by atoms with Gasteiger partial charge in [-0.2, -0.15) is 0 Å². The van der Waals surface area contributed by atoms with Crippen LogP contribution in [0.4, 0.5) is 10.6 Å². The van der Waals surface area contributed by atoms with Gasteiger partial charge in [-0.05, 0) is 36.4 Å². The van der Waals surface area contributed by atoms with E-state index in [-0.39, 0.29) is 11.6 Å². The van der Waals surface area contributed by atoms with Crippen molar-refractivity contribution in [3.63, 3.8) is 0 Å². The van der Waals surface area contributed by atoms with Gasteiger partial charge in [-0.25, -0.2) is 9.78 Å². The van der Waals surface area contributed by atoms with Gasteiger partial charge in [0.05, 0.1) is 18.1 Å². The van der Waals surface area contributed by atoms with Crippen LogP contribution in [0.15, 0.2) is 67.0 Å². The first-order valence-electron chi connectivity index (χ1n) is 6.86. The number of carbonyl (C=O) groups is 1. The number of hydrogen-bond donors (Lipinski definition) is 2. The van der Waals surface area contributed by atoms with E-state index in [2.05, 4.69) is 15.3 Å². The number of aromatic nitrogens is 2. The average Bonchev–Trinajstić information content (AvgIpc) is 2.57. The molecule has 0 unspecified atom stereocenters. The summed E-state index contributed by atoms with van der Waals surface area (Å²) < 4.78 is 5.10. The van der Waals surface area contributed by atoms with E-state index in [4.69, 9.17) is 4.74 Å². The van der Waals surface area contributed by atoms with Crippen molar-refractivity contribution in [2.75, 3.05) is 5.32 Å². The lowest BCUT2D eigenvalue weighted by atomic mass is 10.1. The average molecular weight is 307 g/mol. The molecular weight excluding hydrogens is 294 g/mol. The molecule has 1 aromatic heterocycles. The minimum Gasteiger partial charge on any atom is -0.508 e. The summed E-state index contributed by atoms with van der Waals surface area (Å²) in [6.45, 7) is 0. The maximum Gasteiger partial charge on any atom is 0.418 e. The van der Waals surface area contributed by atoms with Gasteiger partial charge in [0.25, 0.3) is 0 Å². The highest BCUT2D eigenvalue weighted by Gasteiger charge is 2.07. The van der Waals surface area contributed by atoms with Crippen LogP contribution in [0.5, 0.6) is 11.5 Å². The summed E-state index contributed by atoms with van der Waals surface area (Å²) in [6, 6.07) is 15.3. The molecule has 0 bridgehead atoms. The Bertz CT molecular complexity index is 788. The van der Waals surface area contributed by atoms with Crippen molar-refractivity contribution >= 4 is 11.9 Å². The van der Waals surface area contributed by atoms with Gasteiger partial charge < -0.3 is 9.84 Å². The fourth-order valence-corrected chi connectivity index (χ4v) is 1.90. The van der Waals surface area contributed by atoms with Gasteiger partial charge in [0.2, 0.25) is 0 Å². The predicted octanol–water partition coefficient (Wildman–Crippen LogP) is 3.46. The van der Waals surface area contributed by atoms with E-state index < -0.39 is 6.09 Å². The first-order chi connectivity index (χ1) is 11.2. The lowest BCUT2D eigenvalue weighted by molar-refractivity contribution is 0.215. The van der Waals surface area contributed by atoms with Gasteiger partial charge in [-0.1, -0.05) is 18.2 Å². The molecule has 0 aliphatic heterocycles. The van der Waals surface area contributed by atoms with Crippen LogP contribution < -0.4 is 10.1 Å². The third-order valence-corrected chi connectivity index (χ3v) is 3.00. The molecule has 0 saturated heterocycles. The van der Waals surface area contributed by atoms with Crippen molar-refractivity contribution in [2.24, 2.45) is 0 Å². The predicted molar refractivity (Wildman–Crippen MR) is 85.2 cm³/mol. The van der Waals surface area contributed by atoms with Gasteiger partial charge in [0.1, 0.15) is 11.5 Å². The Kier molecular flexibility index (Phi) is 4.15. The third kappa shape index (κ3) is 3.82. The van der Waals surface area contributed by atoms with Crippen molar-refractivity contribution in [3.8, 4) is 22.8 Å². The second kappa shape index (κ2) is 6.57. The highest BCUT2D eigenvalue weighted by Crippen LogP contribution is 2.19. The van der Waals surface area contributed by atoms with Crippen LogP contribution in [0, 0.1) is 0 Å². The Morgan fingerprint density at radius 1 is 0.957 bits per heavy atom. The number of ether oxygens (including phenoxy) is 1. The van der Waals surface area contributed by atoms with Crippen LogP contribution in [0.3, 0.4) is 0 Å². The van der Waals surface area contributed by atoms with Crippen molar-refractivity contribution < 1.29 is 14.6 Å². The van der Waals surface area contributed by atoms with Crippen molar-refractivity contribution in [3.05, 3.63) is 67.0 Å². The molecule has 0 spiro atoms. The number of amides is 1. The molecule has 0 radical (unpaired) electrons. The summed E-state index contributed by atoms with van der Waals surface area (Å²) in [5, 5.41) is 11.8. The van der Waals surface area contributed by atoms with Crippen molar-refractivity contribution in [1.29, 1.82) is 0 Å². The number of phenols is 1. The summed E-state index contributed by atoms with van der Waals surface area (Å²) >= 11 is 0. The third-order valence-electron chi connectivity index (χ3n) is 3.00. The molecule has 0 aliphatic carbocycles. The summed E-state index contributed by atoms with van der Waals surface area (Å²) in [5.74, 6) is 0.913. The van der Waals surface area contributed by atoms with Gasteiger partial charge >= 0.3 is 6.09 Å². The standard InChI is InChI=1S/C17H13N3O3/c21-13-8-6-12(7-9-13)15-10-19-16(11-18-15)20-17(22)23-14-4-2-1-3-5-14/h1-11,21H,(H,19,20,22). The normalized spacial score (nSPS) is 10.1. The SMILES string of the molecule is O=C(Nc1cnc(-c2ccc(O)cc2)cn1)Oc1ccccc1. The number of hydrogen-bond acceptors (Lipinski definition) is 5. The molecule has 0 saturated carbocycles. The van der Waals surface area contributed by atoms with Gasteiger partial charge in [-0.3, -0.25) is 10.3 Å². The summed E-state index contributed by atoms with van der Waals surface area (Å²) in [4.78, 5) is 20.1. The smallest absolute Gasteiger partial charge is 0.418 e. The molecule has 114 valence electrons. The highest BCUT2D eigenvalue weighted by atomic mass is 16.6. The molecular formula is C17H13N3O3. The van der Waals surface area contributed by atoms with E-state index in [1.165, 1.54) is 12.4 Å². The first-order valence-corrected chi connectivity index (χ1v) is 6.86. The second-order valence-electron chi connectivity index (χ2n) is 4.66. The number of anilines is 1. The molecule has 1 amide bonds. The lowest BCUT2D eigenvalue weighted by Crippen LogP contribution is -2.17. The molecule has 2 aromatic carbocycles. The Labute approximate surface area is 132 Å². The first kappa shape index (κ1) is 14.5. The monoisotopic (exact) mass is 307 g/mol. The second-order valence-corrected chi connectivity index (χ2v) is 4.66. The fraction of sp³-hybridized carbons (Fsp3) is 0. The number of benzene rings is 2. The number of nitrogens with zero attached hydrogens (tertiary/aromatic N) is 2. The van der Waals surface area contributed by atoms with Crippen molar-refractivity contribution in [1.82, 2.24) is 9.97 Å². The maximum atomic E-state index is 11.7. The number of carbonyl (C=O) groups excluding carboxylic acids is 1. The van der Waals surface area contributed by atoms with Crippen LogP contribution in [-0.4, -0.2) is 21.2 Å². The van der Waals surface area contributed by atoms with Crippen LogP contribution in [0.2, 0.25) is 0 Å². The quantitative estimate of drug-likeness (QED) is 0.774. The molecule has 1 heterocycles. The van der Waals surface area contributed by atoms with Crippen LogP contribution in [-0.2, 0) is 0 Å². The van der Waals surface area contributed by atoms with E-state index in [1.807, 2.05) is 6.07 Å². The zero-order chi connectivity index (χ0) is 16.1. The molecule has 6 heteroatoms. The van der Waals surface area contributed by atoms with Crippen LogP contribution in [0.1, 0.15) is 0 Å². The van der Waals surface area contributed by atoms with E-state index >= 15 is 0 Å². The zero-order valence-electron chi connectivity index (χ0n) is 12.0. The maximum absolute atomic E-state index is 11.7. The van der Waals surface area contributed by atoms with Gasteiger partial charge in [-0.15, -0.1) is 0 Å². The Morgan fingerprint density at radius 2 is 1.70 bits per heavy atom. The van der Waals surface area contributed by atoms with Gasteiger partial charge in [0.15, 0.2) is 5.82 Å². The van der Waals surface area contributed by atoms with E-state index in [0.29, 0.717) is 11.4 Å². The van der Waals surface area contributed by atoms with Crippen LogP contribution >= 0.6 is 0 Å². The topological polar surface area (TPSA) is 84.3 Å². The molecule has 0 atom stereocenters. The van der Waals surface area contributed by atoms with Crippen LogP contribution in [0.25, 0.3) is 11.3 Å². The fourth-order valence-electron chi connectivity index (χ4n) is 1.90. The Hall–Kier alpha value is -3.41. The molecule has 23 heavy (non-hydrogen) atoms. The largest absolute Gasteiger partial charge is 0.508 e. The van der Waals surface area contributed by atoms with E-state index in [9.17, 15) is 9.90 Å². The molecule has 3 aromatic rings. The highest BCUT2D eigenvalue weighted by molar-refractivity contribution is 5.85. The zero-order valence-corrected chi connectivity index (χ0v) is 12.0. The number of nitrogens with one attached hydrogen (secondary N) is 1. The van der Waals surface area contributed by atoms with Crippen molar-refractivity contribution in [2.45, 2.75) is 0 Å². The number of rotatable bonds is 3. The molecule has 0 fully saturated rings. The minimum atomic E-state index is -0.636. The van der Waals surface area contributed by atoms with E-state index in [0.717, 1.165) is 5.56 Å². The minimum absolute atomic E-state index is 0.184. The number of aromatic hydroxyl groups is 1. The van der Waals surface area contributed by atoms with E-state index in [1.54, 1.807) is 48.5 Å². The Balaban J connectivity index is 1.65. The lowest BCUT2D eigenvalue weighted by Gasteiger charge is -2.06. The summed E-state index contributed by atoms with van der Waals surface area (Å²) in [5.41, 5.74) is 1.45. The molecule has 2 N–H and O–H groups in total. The number of para-hydroxylation sites is 1. The summed E-state index contributed by atoms with van der Waals surface area (Å²) in [7, 11) is 0. The Morgan fingerprint density at radius 3 is 2.35 bits per heavy atom. The van der Waals surface area contributed by atoms with Gasteiger partial charge in [0, 0.05) is 5.56 Å².